The molecule has 0 aliphatic carbocycles. The zero-order chi connectivity index (χ0) is 20.7. The van der Waals surface area contributed by atoms with E-state index in [4.69, 9.17) is 4.74 Å². The lowest BCUT2D eigenvalue weighted by molar-refractivity contribution is -0.659. The van der Waals surface area contributed by atoms with Gasteiger partial charge in [0.15, 0.2) is 6.54 Å². The average molecular weight is 405 g/mol. The molecule has 8 heteroatoms. The Labute approximate surface area is 168 Å². The normalized spacial score (nSPS) is 10.4. The Morgan fingerprint density at radius 2 is 1.82 bits per heavy atom. The maximum Gasteiger partial charge on any atom is 0.341 e. The smallest absolute Gasteiger partial charge is 0.341 e. The summed E-state index contributed by atoms with van der Waals surface area (Å²) < 4.78 is 5.08. The monoisotopic (exact) mass is 404 g/mol. The molecule has 1 aromatic heterocycles. The summed E-state index contributed by atoms with van der Waals surface area (Å²) in [5.41, 5.74) is 3.05. The van der Waals surface area contributed by atoms with Crippen LogP contribution in [0.5, 0.6) is 0 Å². The second-order valence-electron chi connectivity index (χ2n) is 6.29. The maximum atomic E-state index is 12.4. The Balaban J connectivity index is 2.08. The number of anilines is 1. The van der Waals surface area contributed by atoms with E-state index in [9.17, 15) is 14.4 Å². The van der Waals surface area contributed by atoms with E-state index in [2.05, 4.69) is 10.6 Å². The number of benzene rings is 1. The molecule has 1 aromatic carbocycles. The van der Waals surface area contributed by atoms with Crippen molar-refractivity contribution in [3.8, 4) is 0 Å². The fourth-order valence-corrected chi connectivity index (χ4v) is 3.81. The Morgan fingerprint density at radius 1 is 1.14 bits per heavy atom. The number of amides is 2. The number of rotatable bonds is 8. The first kappa shape index (κ1) is 21.6. The Kier molecular flexibility index (Phi) is 7.71. The van der Waals surface area contributed by atoms with Gasteiger partial charge in [-0.3, -0.25) is 9.59 Å². The van der Waals surface area contributed by atoms with Crippen molar-refractivity contribution >= 4 is 34.1 Å². The molecule has 0 aliphatic heterocycles. The van der Waals surface area contributed by atoms with E-state index in [1.54, 1.807) is 13.8 Å². The molecule has 0 spiro atoms. The number of esters is 1. The minimum Gasteiger partial charge on any atom is -0.462 e. The number of quaternary nitrogens is 1. The van der Waals surface area contributed by atoms with Crippen LogP contribution in [-0.2, 0) is 16.1 Å². The topological polar surface area (TPSA) is 101 Å². The van der Waals surface area contributed by atoms with Gasteiger partial charge in [0, 0.05) is 12.6 Å². The third-order valence-corrected chi connectivity index (χ3v) is 5.35. The molecule has 0 aliphatic rings. The molecule has 0 unspecified atom stereocenters. The van der Waals surface area contributed by atoms with Crippen LogP contribution in [0.3, 0.4) is 0 Å². The van der Waals surface area contributed by atoms with Gasteiger partial charge in [-0.15, -0.1) is 11.3 Å². The molecule has 0 atom stereocenters. The van der Waals surface area contributed by atoms with Crippen molar-refractivity contribution < 1.29 is 24.4 Å². The highest BCUT2D eigenvalue weighted by Crippen LogP contribution is 2.33. The molecule has 2 rings (SSSR count). The average Bonchev–Trinajstić information content (AvgIpc) is 2.98. The molecule has 2 aromatic rings. The van der Waals surface area contributed by atoms with Crippen molar-refractivity contribution in [2.75, 3.05) is 25.5 Å². The van der Waals surface area contributed by atoms with Gasteiger partial charge in [0.2, 0.25) is 0 Å². The van der Waals surface area contributed by atoms with Gasteiger partial charge in [-0.2, -0.15) is 0 Å². The number of nitrogens with one attached hydrogen (secondary N) is 2. The van der Waals surface area contributed by atoms with Gasteiger partial charge in [-0.05, 0) is 26.3 Å². The molecular weight excluding hydrogens is 378 g/mol. The number of ether oxygens (including phenoxy) is 1. The summed E-state index contributed by atoms with van der Waals surface area (Å²) in [7, 11) is 1.52. The van der Waals surface area contributed by atoms with Crippen LogP contribution in [0.25, 0.3) is 0 Å². The van der Waals surface area contributed by atoms with Crippen LogP contribution in [0.2, 0.25) is 0 Å². The molecule has 4 N–H and O–H groups in total. The highest BCUT2D eigenvalue weighted by atomic mass is 32.1. The molecule has 0 fully saturated rings. The maximum absolute atomic E-state index is 12.4. The second kappa shape index (κ2) is 10.0. The van der Waals surface area contributed by atoms with Crippen LogP contribution in [0.4, 0.5) is 5.00 Å². The van der Waals surface area contributed by atoms with E-state index >= 15 is 0 Å². The fraction of sp³-hybridized carbons (Fsp3) is 0.350. The third kappa shape index (κ3) is 5.40. The summed E-state index contributed by atoms with van der Waals surface area (Å²) in [6.45, 7) is 6.48. The van der Waals surface area contributed by atoms with Crippen molar-refractivity contribution in [3.05, 3.63) is 51.4 Å². The molecule has 1 heterocycles. The van der Waals surface area contributed by atoms with E-state index < -0.39 is 5.97 Å². The minimum atomic E-state index is -0.551. The highest BCUT2D eigenvalue weighted by molar-refractivity contribution is 7.18. The van der Waals surface area contributed by atoms with E-state index in [0.717, 1.165) is 16.9 Å². The summed E-state index contributed by atoms with van der Waals surface area (Å²) in [5.74, 6) is -1.10. The van der Waals surface area contributed by atoms with Crippen LogP contribution in [-0.4, -0.2) is 38.0 Å². The molecular formula is C20H26N3O4S+. The molecule has 0 saturated carbocycles. The summed E-state index contributed by atoms with van der Waals surface area (Å²) in [5, 5.41) is 7.51. The molecule has 0 bridgehead atoms. The van der Waals surface area contributed by atoms with Gasteiger partial charge < -0.3 is 20.7 Å². The standard InChI is InChI=1S/C20H25N3O4S/c1-5-27-20(26)16-13(3)17(18(25)21-4)28-19(16)23-15(24)11-22-10-14-8-6-12(2)7-9-14/h6-9,22H,5,10-11H2,1-4H3,(H,21,25)(H,23,24)/p+1. The lowest BCUT2D eigenvalue weighted by atomic mass is 10.1. The molecule has 28 heavy (non-hydrogen) atoms. The SMILES string of the molecule is CCOC(=O)c1c(NC(=O)C[NH2+]Cc2ccc(C)cc2)sc(C(=O)NC)c1C. The van der Waals surface area contributed by atoms with Crippen molar-refractivity contribution in [3.63, 3.8) is 0 Å². The number of nitrogens with two attached hydrogens (primary N) is 1. The van der Waals surface area contributed by atoms with Gasteiger partial charge in [0.1, 0.15) is 11.5 Å². The molecule has 0 saturated heterocycles. The van der Waals surface area contributed by atoms with Gasteiger partial charge in [0.25, 0.3) is 11.8 Å². The fourth-order valence-electron chi connectivity index (χ4n) is 2.65. The third-order valence-electron chi connectivity index (χ3n) is 4.14. The van der Waals surface area contributed by atoms with E-state index in [1.165, 1.54) is 12.6 Å². The van der Waals surface area contributed by atoms with Crippen molar-refractivity contribution in [2.24, 2.45) is 0 Å². The number of carbonyl (C=O) groups is 3. The van der Waals surface area contributed by atoms with E-state index in [1.807, 2.05) is 36.5 Å². The summed E-state index contributed by atoms with van der Waals surface area (Å²) in [6.07, 6.45) is 0. The Morgan fingerprint density at radius 3 is 2.43 bits per heavy atom. The quantitative estimate of drug-likeness (QED) is 0.582. The summed E-state index contributed by atoms with van der Waals surface area (Å²) in [6, 6.07) is 8.12. The molecule has 150 valence electrons. The first-order valence-electron chi connectivity index (χ1n) is 9.07. The largest absolute Gasteiger partial charge is 0.462 e. The second-order valence-corrected chi connectivity index (χ2v) is 7.31. The van der Waals surface area contributed by atoms with Gasteiger partial charge in [-0.25, -0.2) is 4.79 Å². The van der Waals surface area contributed by atoms with Crippen LogP contribution in [0, 0.1) is 13.8 Å². The number of thiophene rings is 1. The number of aryl methyl sites for hydroxylation is 1. The van der Waals surface area contributed by atoms with Crippen LogP contribution in [0.1, 0.15) is 43.6 Å². The first-order chi connectivity index (χ1) is 13.4. The van der Waals surface area contributed by atoms with Crippen molar-refractivity contribution in [1.82, 2.24) is 5.32 Å². The Hall–Kier alpha value is -2.71. The Bertz CT molecular complexity index is 859. The van der Waals surface area contributed by atoms with Crippen LogP contribution in [0.15, 0.2) is 24.3 Å². The van der Waals surface area contributed by atoms with Gasteiger partial charge in [0.05, 0.1) is 17.0 Å². The van der Waals surface area contributed by atoms with E-state index in [-0.39, 0.29) is 30.5 Å². The molecule has 2 amide bonds. The summed E-state index contributed by atoms with van der Waals surface area (Å²) in [4.78, 5) is 37.1. The number of hydrogen-bond acceptors (Lipinski definition) is 5. The lowest BCUT2D eigenvalue weighted by Crippen LogP contribution is -2.84. The number of hydrogen-bond donors (Lipinski definition) is 3. The zero-order valence-electron chi connectivity index (χ0n) is 16.5. The zero-order valence-corrected chi connectivity index (χ0v) is 17.4. The predicted octanol–water partition coefficient (Wildman–Crippen LogP) is 1.60. The molecule has 7 nitrogen and oxygen atoms in total. The molecule has 0 radical (unpaired) electrons. The number of carbonyl (C=O) groups excluding carboxylic acids is 3. The van der Waals surface area contributed by atoms with Gasteiger partial charge >= 0.3 is 5.97 Å². The van der Waals surface area contributed by atoms with E-state index in [0.29, 0.717) is 22.0 Å². The highest BCUT2D eigenvalue weighted by Gasteiger charge is 2.26. The van der Waals surface area contributed by atoms with Gasteiger partial charge in [-0.1, -0.05) is 29.8 Å². The van der Waals surface area contributed by atoms with Crippen molar-refractivity contribution in [2.45, 2.75) is 27.3 Å². The predicted molar refractivity (Wildman–Crippen MR) is 109 cm³/mol. The van der Waals surface area contributed by atoms with Crippen LogP contribution >= 0.6 is 11.3 Å². The van der Waals surface area contributed by atoms with Crippen LogP contribution < -0.4 is 16.0 Å². The van der Waals surface area contributed by atoms with Crippen molar-refractivity contribution in [1.29, 1.82) is 0 Å². The summed E-state index contributed by atoms with van der Waals surface area (Å²) >= 11 is 1.07. The minimum absolute atomic E-state index is 0.197. The lowest BCUT2D eigenvalue weighted by Gasteiger charge is -2.07. The first-order valence-corrected chi connectivity index (χ1v) is 9.88.